The van der Waals surface area contributed by atoms with Crippen LogP contribution in [0.2, 0.25) is 0 Å². The van der Waals surface area contributed by atoms with Crippen molar-refractivity contribution in [2.45, 2.75) is 86.5 Å². The summed E-state index contributed by atoms with van der Waals surface area (Å²) in [4.78, 5) is 7.87. The Balaban J connectivity index is 1.87. The van der Waals surface area contributed by atoms with Crippen molar-refractivity contribution in [3.8, 4) is 33.6 Å². The number of benzene rings is 2. The number of rotatable bonds is 8. The molecule has 2 heterocycles. The van der Waals surface area contributed by atoms with Gasteiger partial charge in [-0.05, 0) is 89.5 Å². The molecular formula is C33H40N2. The first-order valence-corrected chi connectivity index (χ1v) is 13.8. The Hall–Kier alpha value is -3.00. The quantitative estimate of drug-likeness (QED) is 0.230. The molecule has 0 fully saturated rings. The lowest BCUT2D eigenvalue weighted by molar-refractivity contribution is 0.985. The third-order valence-corrected chi connectivity index (χ3v) is 8.24. The van der Waals surface area contributed by atoms with Crippen LogP contribution in [0.1, 0.15) is 86.3 Å². The summed E-state index contributed by atoms with van der Waals surface area (Å²) in [6, 6.07) is 13.7. The predicted octanol–water partition coefficient (Wildman–Crippen LogP) is 8.62. The second-order valence-electron chi connectivity index (χ2n) is 9.84. The highest BCUT2D eigenvalue weighted by molar-refractivity contribution is 5.94. The minimum atomic E-state index is 1.00. The Bertz CT molecular complexity index is 1380. The molecule has 0 radical (unpaired) electrons. The lowest BCUT2D eigenvalue weighted by atomic mass is 9.88. The Morgan fingerprint density at radius 1 is 0.543 bits per heavy atom. The van der Waals surface area contributed by atoms with Crippen molar-refractivity contribution in [2.75, 3.05) is 0 Å². The fraction of sp³-hybridized carbons (Fsp3) is 0.394. The van der Waals surface area contributed by atoms with Gasteiger partial charge in [0.25, 0.3) is 0 Å². The van der Waals surface area contributed by atoms with Gasteiger partial charge in [0.1, 0.15) is 0 Å². The number of aromatic nitrogens is 2. The number of fused-ring (bicyclic) bond motifs is 3. The second kappa shape index (κ2) is 9.57. The van der Waals surface area contributed by atoms with Gasteiger partial charge in [0, 0.05) is 28.2 Å². The van der Waals surface area contributed by atoms with Crippen molar-refractivity contribution >= 4 is 0 Å². The zero-order valence-corrected chi connectivity index (χ0v) is 22.4. The smallest absolute Gasteiger partial charge is 0.0501 e. The van der Waals surface area contributed by atoms with E-state index in [1.165, 1.54) is 78.4 Å². The highest BCUT2D eigenvalue weighted by Crippen LogP contribution is 2.48. The summed E-state index contributed by atoms with van der Waals surface area (Å²) in [6.07, 6.45) is 7.36. The number of nitrogens with one attached hydrogen (secondary N) is 2. The number of H-pyrrole nitrogens is 2. The molecule has 0 amide bonds. The minimum Gasteiger partial charge on any atom is -0.358 e. The van der Waals surface area contributed by atoms with E-state index >= 15 is 0 Å². The van der Waals surface area contributed by atoms with E-state index in [0.717, 1.165) is 44.9 Å². The Morgan fingerprint density at radius 2 is 1.09 bits per heavy atom. The van der Waals surface area contributed by atoms with Gasteiger partial charge in [-0.25, -0.2) is 0 Å². The number of aromatic amines is 2. The van der Waals surface area contributed by atoms with Crippen LogP contribution in [0, 0.1) is 0 Å². The molecule has 2 nitrogen and oxygen atoms in total. The van der Waals surface area contributed by atoms with Gasteiger partial charge in [-0.1, -0.05) is 77.9 Å². The molecule has 1 aliphatic rings. The summed E-state index contributed by atoms with van der Waals surface area (Å²) in [7, 11) is 0. The SMILES string of the molecule is CCc1[nH]c(-c2ccc3c(c2-c2[nH]c(CC)c(CC)c2CC)Cc2ccccc2-3)c(CC)c1CC. The molecule has 2 N–H and O–H groups in total. The van der Waals surface area contributed by atoms with E-state index in [1.54, 1.807) is 0 Å². The maximum absolute atomic E-state index is 3.96. The number of aryl methyl sites for hydroxylation is 2. The normalized spacial score (nSPS) is 12.3. The first-order chi connectivity index (χ1) is 17.1. The number of hydrogen-bond acceptors (Lipinski definition) is 0. The van der Waals surface area contributed by atoms with Gasteiger partial charge >= 0.3 is 0 Å². The Labute approximate surface area is 211 Å². The van der Waals surface area contributed by atoms with E-state index in [9.17, 15) is 0 Å². The third-order valence-electron chi connectivity index (χ3n) is 8.24. The molecule has 182 valence electrons. The molecule has 0 unspecified atom stereocenters. The van der Waals surface area contributed by atoms with E-state index in [0.29, 0.717) is 0 Å². The van der Waals surface area contributed by atoms with Crippen LogP contribution >= 0.6 is 0 Å². The summed E-state index contributed by atoms with van der Waals surface area (Å²) in [6.45, 7) is 13.8. The van der Waals surface area contributed by atoms with Crippen LogP contribution in [0.4, 0.5) is 0 Å². The first kappa shape index (κ1) is 23.7. The van der Waals surface area contributed by atoms with Gasteiger partial charge in [-0.3, -0.25) is 0 Å². The molecule has 4 aromatic rings. The van der Waals surface area contributed by atoms with E-state index in [2.05, 4.69) is 87.9 Å². The lowest BCUT2D eigenvalue weighted by Crippen LogP contribution is -1.98. The maximum atomic E-state index is 3.96. The van der Waals surface area contributed by atoms with Gasteiger partial charge in [0.05, 0.1) is 5.69 Å². The molecule has 2 aromatic heterocycles. The highest BCUT2D eigenvalue weighted by atomic mass is 14.8. The Morgan fingerprint density at radius 3 is 1.69 bits per heavy atom. The lowest BCUT2D eigenvalue weighted by Gasteiger charge is -2.17. The van der Waals surface area contributed by atoms with Gasteiger partial charge < -0.3 is 9.97 Å². The summed E-state index contributed by atoms with van der Waals surface area (Å²) in [5, 5.41) is 0. The molecule has 0 bridgehead atoms. The summed E-state index contributed by atoms with van der Waals surface area (Å²) in [5.41, 5.74) is 20.1. The second-order valence-corrected chi connectivity index (χ2v) is 9.84. The number of hydrogen-bond donors (Lipinski definition) is 2. The highest BCUT2D eigenvalue weighted by Gasteiger charge is 2.29. The molecule has 2 aromatic carbocycles. The topological polar surface area (TPSA) is 31.6 Å². The fourth-order valence-corrected chi connectivity index (χ4v) is 6.66. The maximum Gasteiger partial charge on any atom is 0.0501 e. The average molecular weight is 465 g/mol. The molecule has 0 aliphatic heterocycles. The van der Waals surface area contributed by atoms with Crippen molar-refractivity contribution in [3.05, 3.63) is 81.2 Å². The van der Waals surface area contributed by atoms with Gasteiger partial charge in [-0.2, -0.15) is 0 Å². The molecule has 0 spiro atoms. The van der Waals surface area contributed by atoms with Crippen LogP contribution in [0.25, 0.3) is 33.6 Å². The van der Waals surface area contributed by atoms with Crippen molar-refractivity contribution in [1.29, 1.82) is 0 Å². The Kier molecular flexibility index (Phi) is 6.49. The predicted molar refractivity (Wildman–Crippen MR) is 151 cm³/mol. The average Bonchev–Trinajstić information content (AvgIpc) is 3.57. The third kappa shape index (κ3) is 3.61. The van der Waals surface area contributed by atoms with E-state index in [4.69, 9.17) is 0 Å². The molecule has 1 aliphatic carbocycles. The monoisotopic (exact) mass is 464 g/mol. The fourth-order valence-electron chi connectivity index (χ4n) is 6.66. The molecular weight excluding hydrogens is 424 g/mol. The van der Waals surface area contributed by atoms with Gasteiger partial charge in [0.2, 0.25) is 0 Å². The summed E-state index contributed by atoms with van der Waals surface area (Å²) < 4.78 is 0. The van der Waals surface area contributed by atoms with Gasteiger partial charge in [-0.15, -0.1) is 0 Å². The molecule has 2 heteroatoms. The van der Waals surface area contributed by atoms with Crippen molar-refractivity contribution in [2.24, 2.45) is 0 Å². The first-order valence-electron chi connectivity index (χ1n) is 13.8. The summed E-state index contributed by atoms with van der Waals surface area (Å²) in [5.74, 6) is 0. The van der Waals surface area contributed by atoms with Crippen LogP contribution < -0.4 is 0 Å². The largest absolute Gasteiger partial charge is 0.358 e. The molecule has 0 saturated carbocycles. The molecule has 35 heavy (non-hydrogen) atoms. The van der Waals surface area contributed by atoms with Crippen LogP contribution in [-0.4, -0.2) is 9.97 Å². The van der Waals surface area contributed by atoms with Gasteiger partial charge in [0.15, 0.2) is 0 Å². The van der Waals surface area contributed by atoms with Crippen LogP contribution in [0.5, 0.6) is 0 Å². The molecule has 5 rings (SSSR count). The van der Waals surface area contributed by atoms with Crippen molar-refractivity contribution in [3.63, 3.8) is 0 Å². The molecule has 0 saturated heterocycles. The molecule has 0 atom stereocenters. The van der Waals surface area contributed by atoms with E-state index < -0.39 is 0 Å². The zero-order valence-electron chi connectivity index (χ0n) is 22.4. The van der Waals surface area contributed by atoms with Crippen molar-refractivity contribution < 1.29 is 0 Å². The van der Waals surface area contributed by atoms with E-state index in [1.807, 2.05) is 0 Å². The summed E-state index contributed by atoms with van der Waals surface area (Å²) >= 11 is 0. The minimum absolute atomic E-state index is 1.00. The van der Waals surface area contributed by atoms with Crippen molar-refractivity contribution in [1.82, 2.24) is 9.97 Å². The zero-order chi connectivity index (χ0) is 24.7. The van der Waals surface area contributed by atoms with Crippen LogP contribution in [0.3, 0.4) is 0 Å². The van der Waals surface area contributed by atoms with Crippen LogP contribution in [0.15, 0.2) is 36.4 Å². The standard InChI is InChI=1S/C33H40N2/c1-7-21-23(9-3)32(34-29(21)11-5)27-18-17-26-25-16-14-13-15-20(25)19-28(26)31(27)33-24(10-4)22(8-2)30(12-6)35-33/h13-18,34-35H,7-12,19H2,1-6H3. The van der Waals surface area contributed by atoms with E-state index in [-0.39, 0.29) is 0 Å². The van der Waals surface area contributed by atoms with Crippen LogP contribution in [-0.2, 0) is 44.9 Å².